The van der Waals surface area contributed by atoms with Crippen LogP contribution in [0.5, 0.6) is 0 Å². The van der Waals surface area contributed by atoms with E-state index in [2.05, 4.69) is 5.32 Å². The van der Waals surface area contributed by atoms with Crippen LogP contribution in [0.4, 0.5) is 4.79 Å². The van der Waals surface area contributed by atoms with Crippen molar-refractivity contribution in [3.63, 3.8) is 0 Å². The van der Waals surface area contributed by atoms with Crippen LogP contribution >= 0.6 is 0 Å². The van der Waals surface area contributed by atoms with E-state index in [4.69, 9.17) is 14.9 Å². The van der Waals surface area contributed by atoms with Crippen molar-refractivity contribution in [2.75, 3.05) is 26.2 Å². The Morgan fingerprint density at radius 3 is 2.23 bits per heavy atom. The van der Waals surface area contributed by atoms with Gasteiger partial charge < -0.3 is 25.2 Å². The first-order chi connectivity index (χ1) is 11.9. The largest absolute Gasteiger partial charge is 0.481 e. The summed E-state index contributed by atoms with van der Waals surface area (Å²) in [5, 5.41) is 20.7. The molecule has 1 aliphatic carbocycles. The SMILES string of the molecule is CC(C)(C)OC(=O)N1CCNCC1.C[C@]1(C(=O)O)C=CC=C(C(=O)O)C1. The summed E-state index contributed by atoms with van der Waals surface area (Å²) in [6, 6.07) is 0. The van der Waals surface area contributed by atoms with Crippen molar-refractivity contribution in [3.8, 4) is 0 Å². The molecule has 26 heavy (non-hydrogen) atoms. The zero-order valence-corrected chi connectivity index (χ0v) is 15.7. The van der Waals surface area contributed by atoms with Crippen LogP contribution in [-0.2, 0) is 14.3 Å². The maximum absolute atomic E-state index is 11.5. The molecule has 1 heterocycles. The van der Waals surface area contributed by atoms with Crippen molar-refractivity contribution in [2.24, 2.45) is 5.41 Å². The van der Waals surface area contributed by atoms with Crippen LogP contribution in [0.15, 0.2) is 23.8 Å². The Morgan fingerprint density at radius 1 is 1.19 bits per heavy atom. The summed E-state index contributed by atoms with van der Waals surface area (Å²) in [6.45, 7) is 10.4. The van der Waals surface area contributed by atoms with Gasteiger partial charge in [-0.05, 0) is 34.1 Å². The molecule has 0 saturated carbocycles. The number of aliphatic carboxylic acids is 2. The molecule has 8 nitrogen and oxygen atoms in total. The zero-order valence-electron chi connectivity index (χ0n) is 15.7. The number of piperazine rings is 1. The molecular weight excluding hydrogens is 340 g/mol. The third-order valence-corrected chi connectivity index (χ3v) is 3.85. The lowest BCUT2D eigenvalue weighted by Crippen LogP contribution is -2.48. The van der Waals surface area contributed by atoms with Gasteiger partial charge in [0.05, 0.1) is 5.41 Å². The molecule has 8 heteroatoms. The number of nitrogens with zero attached hydrogens (tertiary/aromatic N) is 1. The summed E-state index contributed by atoms with van der Waals surface area (Å²) in [5.41, 5.74) is -1.34. The van der Waals surface area contributed by atoms with Crippen LogP contribution in [0.3, 0.4) is 0 Å². The predicted molar refractivity (Wildman–Crippen MR) is 95.9 cm³/mol. The van der Waals surface area contributed by atoms with E-state index in [1.54, 1.807) is 4.90 Å². The number of carbonyl (C=O) groups excluding carboxylic acids is 1. The first kappa shape index (κ1) is 21.7. The Kier molecular flexibility index (Phi) is 7.38. The fourth-order valence-electron chi connectivity index (χ4n) is 2.36. The van der Waals surface area contributed by atoms with E-state index in [1.807, 2.05) is 20.8 Å². The molecule has 1 amide bonds. The van der Waals surface area contributed by atoms with Crippen LogP contribution in [0.1, 0.15) is 34.1 Å². The van der Waals surface area contributed by atoms with Crippen LogP contribution in [0.2, 0.25) is 0 Å². The molecule has 2 rings (SSSR count). The number of nitrogens with one attached hydrogen (secondary N) is 1. The zero-order chi connectivity index (χ0) is 20.0. The predicted octanol–water partition coefficient (Wildman–Crippen LogP) is 1.87. The third-order valence-electron chi connectivity index (χ3n) is 3.85. The van der Waals surface area contributed by atoms with Crippen molar-refractivity contribution in [1.82, 2.24) is 10.2 Å². The maximum atomic E-state index is 11.5. The van der Waals surface area contributed by atoms with Gasteiger partial charge in [0.1, 0.15) is 5.60 Å². The van der Waals surface area contributed by atoms with E-state index in [0.29, 0.717) is 0 Å². The molecule has 1 atom stereocenters. The minimum atomic E-state index is -1.08. The summed E-state index contributed by atoms with van der Waals surface area (Å²) in [6.07, 6.45) is 4.23. The number of hydrogen-bond acceptors (Lipinski definition) is 5. The van der Waals surface area contributed by atoms with Crippen molar-refractivity contribution in [1.29, 1.82) is 0 Å². The van der Waals surface area contributed by atoms with Crippen LogP contribution in [-0.4, -0.2) is 64.9 Å². The lowest BCUT2D eigenvalue weighted by atomic mass is 9.80. The summed E-state index contributed by atoms with van der Waals surface area (Å²) >= 11 is 0. The lowest BCUT2D eigenvalue weighted by molar-refractivity contribution is -0.145. The van der Waals surface area contributed by atoms with Crippen LogP contribution < -0.4 is 5.32 Å². The first-order valence-electron chi connectivity index (χ1n) is 8.48. The van der Waals surface area contributed by atoms with Crippen molar-refractivity contribution < 1.29 is 29.3 Å². The molecule has 0 unspecified atom stereocenters. The first-order valence-corrected chi connectivity index (χ1v) is 8.48. The highest BCUT2D eigenvalue weighted by Crippen LogP contribution is 2.31. The second-order valence-electron chi connectivity index (χ2n) is 7.47. The van der Waals surface area contributed by atoms with Gasteiger partial charge >= 0.3 is 18.0 Å². The standard InChI is InChI=1S/C9H18N2O2.C9H10O4/c1-9(2,3)13-8(12)11-6-4-10-5-7-11;1-9(8(12)13)4-2-3-6(5-9)7(10)11/h10H,4-7H2,1-3H3;2-4H,5H2,1H3,(H,10,11)(H,12,13)/t;9-/m.0/s1. The Balaban J connectivity index is 0.000000260. The quantitative estimate of drug-likeness (QED) is 0.681. The highest BCUT2D eigenvalue weighted by Gasteiger charge is 2.34. The third kappa shape index (κ3) is 6.87. The number of carboxylic acids is 2. The van der Waals surface area contributed by atoms with E-state index < -0.39 is 17.4 Å². The molecule has 1 aliphatic heterocycles. The topological polar surface area (TPSA) is 116 Å². The van der Waals surface area contributed by atoms with Gasteiger partial charge in [-0.3, -0.25) is 4.79 Å². The maximum Gasteiger partial charge on any atom is 0.410 e. The summed E-state index contributed by atoms with van der Waals surface area (Å²) < 4.78 is 5.24. The van der Waals surface area contributed by atoms with E-state index in [1.165, 1.54) is 25.2 Å². The summed E-state index contributed by atoms with van der Waals surface area (Å²) in [7, 11) is 0. The molecule has 0 spiro atoms. The average molecular weight is 368 g/mol. The fraction of sp³-hybridized carbons (Fsp3) is 0.611. The molecule has 2 aliphatic rings. The Bertz CT molecular complexity index is 599. The van der Waals surface area contributed by atoms with Gasteiger partial charge in [-0.25, -0.2) is 9.59 Å². The Morgan fingerprint density at radius 2 is 1.77 bits per heavy atom. The van der Waals surface area contributed by atoms with Gasteiger partial charge in [0.2, 0.25) is 0 Å². The van der Waals surface area contributed by atoms with Crippen molar-refractivity contribution in [3.05, 3.63) is 23.8 Å². The van der Waals surface area contributed by atoms with Gasteiger partial charge in [-0.15, -0.1) is 0 Å². The van der Waals surface area contributed by atoms with Gasteiger partial charge in [-0.1, -0.05) is 18.2 Å². The number of carboxylic acid groups (broad SMARTS) is 2. The van der Waals surface area contributed by atoms with E-state index in [0.717, 1.165) is 26.2 Å². The molecule has 0 aromatic carbocycles. The molecule has 3 N–H and O–H groups in total. The van der Waals surface area contributed by atoms with Gasteiger partial charge in [0, 0.05) is 31.8 Å². The number of ether oxygens (including phenoxy) is 1. The molecule has 146 valence electrons. The molecule has 0 aromatic rings. The van der Waals surface area contributed by atoms with Crippen LogP contribution in [0.25, 0.3) is 0 Å². The van der Waals surface area contributed by atoms with Crippen LogP contribution in [0, 0.1) is 5.41 Å². The highest BCUT2D eigenvalue weighted by molar-refractivity contribution is 5.90. The van der Waals surface area contributed by atoms with Crippen molar-refractivity contribution >= 4 is 18.0 Å². The second kappa shape index (κ2) is 8.84. The van der Waals surface area contributed by atoms with E-state index in [9.17, 15) is 14.4 Å². The number of carbonyl (C=O) groups is 3. The number of rotatable bonds is 2. The second-order valence-corrected chi connectivity index (χ2v) is 7.47. The Labute approximate surface area is 153 Å². The number of amides is 1. The molecule has 0 bridgehead atoms. The van der Waals surface area contributed by atoms with Gasteiger partial charge in [0.15, 0.2) is 0 Å². The molecular formula is C18H28N2O6. The molecule has 1 fully saturated rings. The molecule has 0 radical (unpaired) electrons. The summed E-state index contributed by atoms with van der Waals surface area (Å²) in [5.74, 6) is -2.06. The fourth-order valence-corrected chi connectivity index (χ4v) is 2.36. The van der Waals surface area contributed by atoms with E-state index in [-0.39, 0.29) is 23.7 Å². The number of allylic oxidation sites excluding steroid dienone is 2. The molecule has 0 aromatic heterocycles. The lowest BCUT2D eigenvalue weighted by Gasteiger charge is -2.30. The number of hydrogen-bond donors (Lipinski definition) is 3. The minimum Gasteiger partial charge on any atom is -0.481 e. The smallest absolute Gasteiger partial charge is 0.410 e. The monoisotopic (exact) mass is 368 g/mol. The van der Waals surface area contributed by atoms with Crippen molar-refractivity contribution in [2.45, 2.75) is 39.7 Å². The average Bonchev–Trinajstić information content (AvgIpc) is 2.54. The van der Waals surface area contributed by atoms with Gasteiger partial charge in [0.25, 0.3) is 0 Å². The van der Waals surface area contributed by atoms with Gasteiger partial charge in [-0.2, -0.15) is 0 Å². The minimum absolute atomic E-state index is 0.0359. The molecule has 1 saturated heterocycles. The Hall–Kier alpha value is -2.35. The summed E-state index contributed by atoms with van der Waals surface area (Å²) in [4.78, 5) is 34.6. The normalized spacial score (nSPS) is 22.6. The van der Waals surface area contributed by atoms with E-state index >= 15 is 0 Å². The highest BCUT2D eigenvalue weighted by atomic mass is 16.6.